The lowest BCUT2D eigenvalue weighted by Gasteiger charge is -2.31. The lowest BCUT2D eigenvalue weighted by atomic mass is 10.2. The number of nitrogens with zero attached hydrogens (tertiary/aromatic N) is 2. The van der Waals surface area contributed by atoms with E-state index in [0.29, 0.717) is 38.3 Å². The van der Waals surface area contributed by atoms with Crippen molar-refractivity contribution in [2.24, 2.45) is 0 Å². The van der Waals surface area contributed by atoms with Gasteiger partial charge >= 0.3 is 0 Å². The van der Waals surface area contributed by atoms with Crippen LogP contribution in [0.3, 0.4) is 0 Å². The van der Waals surface area contributed by atoms with Gasteiger partial charge in [0.25, 0.3) is 5.91 Å². The van der Waals surface area contributed by atoms with Gasteiger partial charge < -0.3 is 9.64 Å². The van der Waals surface area contributed by atoms with Crippen molar-refractivity contribution in [3.05, 3.63) is 29.8 Å². The van der Waals surface area contributed by atoms with E-state index in [4.69, 9.17) is 4.74 Å². The number of ether oxygens (including phenoxy) is 1. The molecule has 0 radical (unpaired) electrons. The van der Waals surface area contributed by atoms with Crippen LogP contribution in [0.25, 0.3) is 0 Å². The van der Waals surface area contributed by atoms with E-state index in [1.807, 2.05) is 6.92 Å². The van der Waals surface area contributed by atoms with E-state index >= 15 is 0 Å². The third-order valence-corrected chi connectivity index (χ3v) is 6.21. The van der Waals surface area contributed by atoms with Gasteiger partial charge in [0.1, 0.15) is 0 Å². The van der Waals surface area contributed by atoms with Crippen LogP contribution in [0.2, 0.25) is 0 Å². The Morgan fingerprint density at radius 3 is 2.65 bits per heavy atom. The maximum absolute atomic E-state index is 12.6. The summed E-state index contributed by atoms with van der Waals surface area (Å²) < 4.78 is 32.2. The molecule has 0 aliphatic carbocycles. The number of carbonyl (C=O) groups is 1. The third-order valence-electron chi connectivity index (χ3n) is 4.31. The highest BCUT2D eigenvalue weighted by atomic mass is 32.2. The molecule has 23 heavy (non-hydrogen) atoms. The summed E-state index contributed by atoms with van der Waals surface area (Å²) >= 11 is 0. The normalized spacial score (nSPS) is 23.2. The lowest BCUT2D eigenvalue weighted by molar-refractivity contribution is -0.0124. The number of hydrogen-bond donors (Lipinski definition) is 0. The second-order valence-corrected chi connectivity index (χ2v) is 8.01. The Morgan fingerprint density at radius 1 is 1.22 bits per heavy atom. The SMILES string of the molecule is CC1CN(C(=O)c2cccc(S(=O)(=O)N3CCCC3)c2)CCO1. The van der Waals surface area contributed by atoms with Crippen LogP contribution >= 0.6 is 0 Å². The minimum absolute atomic E-state index is 0.00390. The first kappa shape index (κ1) is 16.4. The molecule has 1 aromatic carbocycles. The number of sulfonamides is 1. The van der Waals surface area contributed by atoms with Gasteiger partial charge in [-0.15, -0.1) is 0 Å². The second kappa shape index (κ2) is 6.59. The first-order valence-electron chi connectivity index (χ1n) is 7.99. The molecule has 0 N–H and O–H groups in total. The summed E-state index contributed by atoms with van der Waals surface area (Å²) in [5, 5.41) is 0. The molecule has 7 heteroatoms. The fraction of sp³-hybridized carbons (Fsp3) is 0.562. The molecule has 2 aliphatic heterocycles. The number of rotatable bonds is 3. The Bertz CT molecular complexity index is 683. The first-order chi connectivity index (χ1) is 11.0. The minimum atomic E-state index is -3.50. The van der Waals surface area contributed by atoms with Crippen molar-refractivity contribution >= 4 is 15.9 Å². The van der Waals surface area contributed by atoms with E-state index in [1.54, 1.807) is 23.1 Å². The number of morpholine rings is 1. The largest absolute Gasteiger partial charge is 0.375 e. The highest BCUT2D eigenvalue weighted by molar-refractivity contribution is 7.89. The molecule has 1 amide bonds. The molecule has 2 aliphatic rings. The Kier molecular flexibility index (Phi) is 4.70. The fourth-order valence-corrected chi connectivity index (χ4v) is 4.62. The summed E-state index contributed by atoms with van der Waals surface area (Å²) in [5.74, 6) is -0.140. The zero-order valence-corrected chi connectivity index (χ0v) is 14.1. The van der Waals surface area contributed by atoms with E-state index in [1.165, 1.54) is 10.4 Å². The Hall–Kier alpha value is -1.44. The Balaban J connectivity index is 1.83. The quantitative estimate of drug-likeness (QED) is 0.834. The molecule has 3 rings (SSSR count). The average Bonchev–Trinajstić information content (AvgIpc) is 3.09. The number of benzene rings is 1. The van der Waals surface area contributed by atoms with Gasteiger partial charge in [0.2, 0.25) is 10.0 Å². The smallest absolute Gasteiger partial charge is 0.254 e. The minimum Gasteiger partial charge on any atom is -0.375 e. The van der Waals surface area contributed by atoms with Gasteiger partial charge in [0.05, 0.1) is 17.6 Å². The predicted molar refractivity (Wildman–Crippen MR) is 85.8 cm³/mol. The van der Waals surface area contributed by atoms with Crippen LogP contribution in [-0.2, 0) is 14.8 Å². The van der Waals surface area contributed by atoms with Crippen LogP contribution in [0.15, 0.2) is 29.2 Å². The molecular weight excluding hydrogens is 316 g/mol. The zero-order valence-electron chi connectivity index (χ0n) is 13.3. The molecule has 1 unspecified atom stereocenters. The van der Waals surface area contributed by atoms with E-state index in [2.05, 4.69) is 0 Å². The van der Waals surface area contributed by atoms with Gasteiger partial charge in [-0.25, -0.2) is 8.42 Å². The van der Waals surface area contributed by atoms with Gasteiger partial charge in [0, 0.05) is 31.7 Å². The van der Waals surface area contributed by atoms with Crippen LogP contribution in [0.5, 0.6) is 0 Å². The standard InChI is InChI=1S/C16H22N2O4S/c1-13-12-17(9-10-22-13)16(19)14-5-4-6-15(11-14)23(20,21)18-7-2-3-8-18/h4-6,11,13H,2-3,7-10,12H2,1H3. The fourth-order valence-electron chi connectivity index (χ4n) is 3.05. The molecule has 2 heterocycles. The summed E-state index contributed by atoms with van der Waals surface area (Å²) in [6.07, 6.45) is 1.79. The van der Waals surface area contributed by atoms with Crippen molar-refractivity contribution in [1.29, 1.82) is 0 Å². The Morgan fingerprint density at radius 2 is 1.96 bits per heavy atom. The zero-order chi connectivity index (χ0) is 16.4. The van der Waals surface area contributed by atoms with Crippen molar-refractivity contribution in [2.75, 3.05) is 32.8 Å². The molecule has 6 nitrogen and oxygen atoms in total. The van der Waals surface area contributed by atoms with E-state index in [9.17, 15) is 13.2 Å². The summed E-state index contributed by atoms with van der Waals surface area (Å²) in [7, 11) is -3.50. The summed E-state index contributed by atoms with van der Waals surface area (Å²) in [5.41, 5.74) is 0.416. The Labute approximate surface area is 137 Å². The van der Waals surface area contributed by atoms with Crippen LogP contribution in [0, 0.1) is 0 Å². The molecule has 0 bridgehead atoms. The van der Waals surface area contributed by atoms with Crippen molar-refractivity contribution in [3.63, 3.8) is 0 Å². The monoisotopic (exact) mass is 338 g/mol. The number of carbonyl (C=O) groups excluding carboxylic acids is 1. The molecule has 1 aromatic rings. The van der Waals surface area contributed by atoms with E-state index in [0.717, 1.165) is 12.8 Å². The molecular formula is C16H22N2O4S. The van der Waals surface area contributed by atoms with Gasteiger partial charge in [-0.2, -0.15) is 4.31 Å². The van der Waals surface area contributed by atoms with Crippen molar-refractivity contribution in [3.8, 4) is 0 Å². The molecule has 2 fully saturated rings. The van der Waals surface area contributed by atoms with Gasteiger partial charge in [-0.3, -0.25) is 4.79 Å². The number of hydrogen-bond acceptors (Lipinski definition) is 4. The molecule has 126 valence electrons. The summed E-state index contributed by atoms with van der Waals surface area (Å²) in [6.45, 7) is 4.61. The van der Waals surface area contributed by atoms with Crippen LogP contribution < -0.4 is 0 Å². The molecule has 0 aromatic heterocycles. The lowest BCUT2D eigenvalue weighted by Crippen LogP contribution is -2.44. The van der Waals surface area contributed by atoms with Gasteiger partial charge in [-0.05, 0) is 38.0 Å². The summed E-state index contributed by atoms with van der Waals surface area (Å²) in [6, 6.07) is 6.37. The highest BCUT2D eigenvalue weighted by Gasteiger charge is 2.28. The number of amides is 1. The van der Waals surface area contributed by atoms with E-state index < -0.39 is 10.0 Å². The topological polar surface area (TPSA) is 66.9 Å². The summed E-state index contributed by atoms with van der Waals surface area (Å²) in [4.78, 5) is 14.5. The molecule has 2 saturated heterocycles. The van der Waals surface area contributed by atoms with Crippen LogP contribution in [0.1, 0.15) is 30.1 Å². The third kappa shape index (κ3) is 3.41. The molecule has 0 saturated carbocycles. The van der Waals surface area contributed by atoms with Crippen molar-refractivity contribution < 1.29 is 17.9 Å². The maximum Gasteiger partial charge on any atom is 0.254 e. The van der Waals surface area contributed by atoms with Crippen LogP contribution in [0.4, 0.5) is 0 Å². The first-order valence-corrected chi connectivity index (χ1v) is 9.43. The maximum atomic E-state index is 12.6. The van der Waals surface area contributed by atoms with Crippen molar-refractivity contribution in [1.82, 2.24) is 9.21 Å². The van der Waals surface area contributed by atoms with E-state index in [-0.39, 0.29) is 16.9 Å². The van der Waals surface area contributed by atoms with Gasteiger partial charge in [-0.1, -0.05) is 6.07 Å². The average molecular weight is 338 g/mol. The van der Waals surface area contributed by atoms with Crippen LogP contribution in [-0.4, -0.2) is 62.4 Å². The van der Waals surface area contributed by atoms with Crippen molar-refractivity contribution in [2.45, 2.75) is 30.8 Å². The highest BCUT2D eigenvalue weighted by Crippen LogP contribution is 2.22. The molecule has 1 atom stereocenters. The second-order valence-electron chi connectivity index (χ2n) is 6.07. The molecule has 0 spiro atoms. The van der Waals surface area contributed by atoms with Gasteiger partial charge in [0.15, 0.2) is 0 Å². The predicted octanol–water partition coefficient (Wildman–Crippen LogP) is 1.33.